The van der Waals surface area contributed by atoms with Crippen LogP contribution in [0.4, 0.5) is 5.69 Å². The molecule has 2 nitrogen and oxygen atoms in total. The van der Waals surface area contributed by atoms with E-state index >= 15 is 0 Å². The molecule has 0 amide bonds. The summed E-state index contributed by atoms with van der Waals surface area (Å²) in [6, 6.07) is 14.1. The van der Waals surface area contributed by atoms with Gasteiger partial charge in [0.15, 0.2) is 0 Å². The predicted octanol–water partition coefficient (Wildman–Crippen LogP) is 4.93. The van der Waals surface area contributed by atoms with Gasteiger partial charge in [-0.2, -0.15) is 0 Å². The van der Waals surface area contributed by atoms with Gasteiger partial charge in [0.05, 0.1) is 0 Å². The molecule has 1 aliphatic heterocycles. The second-order valence-corrected chi connectivity index (χ2v) is 7.39. The fourth-order valence-electron chi connectivity index (χ4n) is 3.29. The van der Waals surface area contributed by atoms with Crippen LogP contribution in [-0.2, 0) is 6.54 Å². The third-order valence-corrected chi connectivity index (χ3v) is 5.55. The number of anilines is 1. The molecule has 1 aliphatic rings. The van der Waals surface area contributed by atoms with Gasteiger partial charge in [-0.25, -0.2) is 0 Å². The zero-order valence-electron chi connectivity index (χ0n) is 13.7. The van der Waals surface area contributed by atoms with Gasteiger partial charge in [0, 0.05) is 37.2 Å². The fourth-order valence-corrected chi connectivity index (χ4v) is 4.19. The van der Waals surface area contributed by atoms with Crippen molar-refractivity contribution in [3.63, 3.8) is 0 Å². The fraction of sp³-hybridized carbons (Fsp3) is 0.474. The van der Waals surface area contributed by atoms with Gasteiger partial charge in [0.2, 0.25) is 0 Å². The van der Waals surface area contributed by atoms with Crippen LogP contribution in [0.15, 0.2) is 41.8 Å². The van der Waals surface area contributed by atoms with Crippen LogP contribution in [0, 0.1) is 0 Å². The van der Waals surface area contributed by atoms with Crippen molar-refractivity contribution in [2.45, 2.75) is 38.3 Å². The van der Waals surface area contributed by atoms with E-state index in [1.807, 2.05) is 11.3 Å². The third-order valence-electron chi connectivity index (χ3n) is 4.57. The van der Waals surface area contributed by atoms with Crippen LogP contribution in [0.3, 0.4) is 0 Å². The van der Waals surface area contributed by atoms with Crippen LogP contribution < -0.4 is 4.90 Å². The molecular weight excluding hydrogens is 288 g/mol. The van der Waals surface area contributed by atoms with E-state index in [0.717, 1.165) is 6.54 Å². The van der Waals surface area contributed by atoms with Gasteiger partial charge in [-0.15, -0.1) is 11.3 Å². The lowest BCUT2D eigenvalue weighted by molar-refractivity contribution is 0.195. The Morgan fingerprint density at radius 1 is 1.09 bits per heavy atom. The maximum Gasteiger partial charge on any atom is 0.0445 e. The Balaban J connectivity index is 1.75. The van der Waals surface area contributed by atoms with E-state index in [-0.39, 0.29) is 0 Å². The summed E-state index contributed by atoms with van der Waals surface area (Å²) in [4.78, 5) is 6.38. The van der Waals surface area contributed by atoms with Crippen LogP contribution in [0.2, 0.25) is 0 Å². The summed E-state index contributed by atoms with van der Waals surface area (Å²) in [7, 11) is 4.19. The smallest absolute Gasteiger partial charge is 0.0445 e. The van der Waals surface area contributed by atoms with E-state index in [9.17, 15) is 0 Å². The van der Waals surface area contributed by atoms with E-state index in [0.29, 0.717) is 6.04 Å². The van der Waals surface area contributed by atoms with Crippen LogP contribution in [0.25, 0.3) is 0 Å². The number of hydrogen-bond acceptors (Lipinski definition) is 3. The molecule has 118 valence electrons. The first-order chi connectivity index (χ1) is 10.7. The molecule has 1 fully saturated rings. The van der Waals surface area contributed by atoms with E-state index in [1.165, 1.54) is 48.4 Å². The first-order valence-corrected chi connectivity index (χ1v) is 9.16. The van der Waals surface area contributed by atoms with Gasteiger partial charge in [-0.05, 0) is 48.5 Å². The van der Waals surface area contributed by atoms with Gasteiger partial charge in [-0.3, -0.25) is 4.90 Å². The highest BCUT2D eigenvalue weighted by Crippen LogP contribution is 2.33. The average Bonchev–Trinajstić information content (AvgIpc) is 2.95. The van der Waals surface area contributed by atoms with Crippen molar-refractivity contribution in [3.05, 3.63) is 52.2 Å². The molecule has 1 atom stereocenters. The highest BCUT2D eigenvalue weighted by molar-refractivity contribution is 7.10. The standard InChI is InChI=1S/C19H26N2S/c1-20(2)17-11-9-16(10-12-17)15-21-13-5-3-4-7-18(21)19-8-6-14-22-19/h6,8-12,14,18H,3-5,7,13,15H2,1-2H3/t18-/m1/s1. The molecule has 3 heteroatoms. The molecular formula is C19H26N2S. The molecule has 0 bridgehead atoms. The molecule has 0 aliphatic carbocycles. The second-order valence-electron chi connectivity index (χ2n) is 6.41. The van der Waals surface area contributed by atoms with Crippen molar-refractivity contribution in [2.75, 3.05) is 25.5 Å². The number of rotatable bonds is 4. The lowest BCUT2D eigenvalue weighted by Crippen LogP contribution is -2.27. The van der Waals surface area contributed by atoms with E-state index in [2.05, 4.69) is 65.7 Å². The summed E-state index contributed by atoms with van der Waals surface area (Å²) in [6.45, 7) is 2.29. The van der Waals surface area contributed by atoms with Gasteiger partial charge < -0.3 is 4.90 Å². The van der Waals surface area contributed by atoms with E-state index in [4.69, 9.17) is 0 Å². The number of benzene rings is 1. The zero-order chi connectivity index (χ0) is 15.4. The highest BCUT2D eigenvalue weighted by Gasteiger charge is 2.23. The van der Waals surface area contributed by atoms with Crippen LogP contribution in [0.1, 0.15) is 42.2 Å². The Hall–Kier alpha value is -1.32. The Morgan fingerprint density at radius 2 is 1.91 bits per heavy atom. The van der Waals surface area contributed by atoms with Gasteiger partial charge in [-0.1, -0.05) is 31.0 Å². The van der Waals surface area contributed by atoms with Crippen molar-refractivity contribution in [1.82, 2.24) is 4.90 Å². The minimum atomic E-state index is 0.607. The van der Waals surface area contributed by atoms with Gasteiger partial charge >= 0.3 is 0 Å². The molecule has 1 aromatic heterocycles. The first-order valence-electron chi connectivity index (χ1n) is 8.28. The molecule has 0 radical (unpaired) electrons. The van der Waals surface area contributed by atoms with Crippen molar-refractivity contribution in [2.24, 2.45) is 0 Å². The van der Waals surface area contributed by atoms with Crippen LogP contribution in [-0.4, -0.2) is 25.5 Å². The summed E-state index contributed by atoms with van der Waals surface area (Å²) in [5.74, 6) is 0. The molecule has 3 rings (SSSR count). The number of thiophene rings is 1. The van der Waals surface area contributed by atoms with Crippen molar-refractivity contribution in [3.8, 4) is 0 Å². The molecule has 2 aromatic rings. The van der Waals surface area contributed by atoms with Gasteiger partial charge in [0.25, 0.3) is 0 Å². The monoisotopic (exact) mass is 314 g/mol. The maximum absolute atomic E-state index is 2.68. The average molecular weight is 314 g/mol. The third kappa shape index (κ3) is 3.71. The Bertz CT molecular complexity index is 560. The second kappa shape index (κ2) is 7.30. The quantitative estimate of drug-likeness (QED) is 0.789. The topological polar surface area (TPSA) is 6.48 Å². The highest BCUT2D eigenvalue weighted by atomic mass is 32.1. The molecule has 0 saturated carbocycles. The maximum atomic E-state index is 2.68. The molecule has 1 aromatic carbocycles. The SMILES string of the molecule is CN(C)c1ccc(CN2CCCCC[C@@H]2c2cccs2)cc1. The van der Waals surface area contributed by atoms with Crippen molar-refractivity contribution >= 4 is 17.0 Å². The number of nitrogens with zero attached hydrogens (tertiary/aromatic N) is 2. The van der Waals surface area contributed by atoms with Crippen LogP contribution >= 0.6 is 11.3 Å². The lowest BCUT2D eigenvalue weighted by Gasteiger charge is -2.29. The Morgan fingerprint density at radius 3 is 2.59 bits per heavy atom. The summed E-state index contributed by atoms with van der Waals surface area (Å²) >= 11 is 1.91. The molecule has 22 heavy (non-hydrogen) atoms. The molecule has 1 saturated heterocycles. The largest absolute Gasteiger partial charge is 0.378 e. The van der Waals surface area contributed by atoms with Gasteiger partial charge in [0.1, 0.15) is 0 Å². The Labute approximate surface area is 138 Å². The number of likely N-dealkylation sites (tertiary alicyclic amines) is 1. The molecule has 0 N–H and O–H groups in total. The van der Waals surface area contributed by atoms with Crippen molar-refractivity contribution in [1.29, 1.82) is 0 Å². The minimum absolute atomic E-state index is 0.607. The zero-order valence-corrected chi connectivity index (χ0v) is 14.5. The molecule has 0 spiro atoms. The van der Waals surface area contributed by atoms with Crippen molar-refractivity contribution < 1.29 is 0 Å². The summed E-state index contributed by atoms with van der Waals surface area (Å²) in [5.41, 5.74) is 2.70. The number of hydrogen-bond donors (Lipinski definition) is 0. The first kappa shape index (κ1) is 15.6. The minimum Gasteiger partial charge on any atom is -0.378 e. The predicted molar refractivity (Wildman–Crippen MR) is 96.7 cm³/mol. The lowest BCUT2D eigenvalue weighted by atomic mass is 10.1. The summed E-state index contributed by atoms with van der Waals surface area (Å²) in [6.07, 6.45) is 5.37. The molecule has 0 unspecified atom stereocenters. The normalized spacial score (nSPS) is 19.8. The summed E-state index contributed by atoms with van der Waals surface area (Å²) < 4.78 is 0. The van der Waals surface area contributed by atoms with E-state index in [1.54, 1.807) is 0 Å². The Kier molecular flexibility index (Phi) is 5.16. The molecule has 2 heterocycles. The van der Waals surface area contributed by atoms with Crippen LogP contribution in [0.5, 0.6) is 0 Å². The van der Waals surface area contributed by atoms with E-state index < -0.39 is 0 Å². The summed E-state index contributed by atoms with van der Waals surface area (Å²) in [5, 5.41) is 2.21.